The van der Waals surface area contributed by atoms with Gasteiger partial charge in [0, 0.05) is 19.4 Å². The van der Waals surface area contributed by atoms with Crippen LogP contribution in [0.2, 0.25) is 0 Å². The fourth-order valence-electron chi connectivity index (χ4n) is 3.79. The van der Waals surface area contributed by atoms with Crippen LogP contribution in [0, 0.1) is 0 Å². The predicted octanol–water partition coefficient (Wildman–Crippen LogP) is 2.64. The molecule has 7 nitrogen and oxygen atoms in total. The molecule has 0 radical (unpaired) electrons. The summed E-state index contributed by atoms with van der Waals surface area (Å²) in [4.78, 5) is 34.8. The Morgan fingerprint density at radius 2 is 1.77 bits per heavy atom. The Hall–Kier alpha value is -3.71. The van der Waals surface area contributed by atoms with Crippen molar-refractivity contribution in [3.8, 4) is 16.9 Å². The van der Waals surface area contributed by atoms with Gasteiger partial charge in [-0.15, -0.1) is 0 Å². The van der Waals surface area contributed by atoms with Crippen molar-refractivity contribution >= 4 is 11.8 Å². The summed E-state index contributed by atoms with van der Waals surface area (Å²) in [5.74, 6) is 5.17. The monoisotopic (exact) mass is 416 g/mol. The van der Waals surface area contributed by atoms with Crippen LogP contribution in [-0.2, 0) is 15.0 Å². The summed E-state index contributed by atoms with van der Waals surface area (Å²) < 4.78 is 0. The number of hydrogen-bond acceptors (Lipinski definition) is 5. The van der Waals surface area contributed by atoms with Crippen molar-refractivity contribution in [2.45, 2.75) is 24.3 Å². The van der Waals surface area contributed by atoms with Gasteiger partial charge in [0.25, 0.3) is 0 Å². The van der Waals surface area contributed by atoms with E-state index >= 15 is 0 Å². The van der Waals surface area contributed by atoms with Crippen molar-refractivity contribution in [1.29, 1.82) is 0 Å². The molecule has 0 bridgehead atoms. The topological polar surface area (TPSA) is 106 Å². The first-order chi connectivity index (χ1) is 15.1. The van der Waals surface area contributed by atoms with Crippen LogP contribution in [0.3, 0.4) is 0 Å². The van der Waals surface area contributed by atoms with Crippen LogP contribution in [0.4, 0.5) is 0 Å². The molecule has 0 aliphatic heterocycles. The van der Waals surface area contributed by atoms with E-state index in [9.17, 15) is 9.59 Å². The Morgan fingerprint density at radius 3 is 2.45 bits per heavy atom. The van der Waals surface area contributed by atoms with Crippen molar-refractivity contribution in [3.05, 3.63) is 84.2 Å². The fourth-order valence-corrected chi connectivity index (χ4v) is 3.79. The number of rotatable bonds is 7. The maximum Gasteiger partial charge on any atom is 0.246 e. The van der Waals surface area contributed by atoms with Crippen LogP contribution < -0.4 is 21.4 Å². The van der Waals surface area contributed by atoms with Gasteiger partial charge in [-0.3, -0.25) is 14.6 Å². The molecule has 1 aliphatic rings. The molecular weight excluding hydrogens is 392 g/mol. The molecule has 2 aromatic carbocycles. The largest absolute Gasteiger partial charge is 0.412 e. The van der Waals surface area contributed by atoms with Crippen LogP contribution in [0.1, 0.15) is 30.0 Å². The number of nitrogens with zero attached hydrogens (tertiary/aromatic N) is 1. The number of hydrogen-bond donors (Lipinski definition) is 3. The smallest absolute Gasteiger partial charge is 0.246 e. The summed E-state index contributed by atoms with van der Waals surface area (Å²) in [6.45, 7) is 0. The third kappa shape index (κ3) is 4.13. The minimum atomic E-state index is -0.853. The van der Waals surface area contributed by atoms with Crippen LogP contribution in [-0.4, -0.2) is 23.8 Å². The Balaban J connectivity index is 1.61. The van der Waals surface area contributed by atoms with Crippen LogP contribution in [0.15, 0.2) is 73.1 Å². The van der Waals surface area contributed by atoms with E-state index in [4.69, 9.17) is 10.7 Å². The standard InChI is InChI=1S/C24H24N4O3/c1-26-22(29)21(18-5-3-7-20(15-18)31-25)28-23(30)24(10-11-24)19-6-2-4-17(14-19)16-8-12-27-13-9-16/h2-9,12-15,21H,10-11,25H2,1H3,(H,26,29)(H,28,30). The van der Waals surface area contributed by atoms with E-state index in [-0.39, 0.29) is 11.8 Å². The van der Waals surface area contributed by atoms with Crippen molar-refractivity contribution < 1.29 is 14.4 Å². The first kappa shape index (κ1) is 20.6. The van der Waals surface area contributed by atoms with Crippen molar-refractivity contribution in [2.75, 3.05) is 7.05 Å². The van der Waals surface area contributed by atoms with Crippen LogP contribution in [0.25, 0.3) is 11.1 Å². The van der Waals surface area contributed by atoms with E-state index in [1.807, 2.05) is 36.4 Å². The highest BCUT2D eigenvalue weighted by Gasteiger charge is 2.52. The van der Waals surface area contributed by atoms with Crippen molar-refractivity contribution in [3.63, 3.8) is 0 Å². The van der Waals surface area contributed by atoms with Crippen LogP contribution >= 0.6 is 0 Å². The highest BCUT2D eigenvalue weighted by Crippen LogP contribution is 2.49. The zero-order chi connectivity index (χ0) is 21.8. The van der Waals surface area contributed by atoms with Crippen molar-refractivity contribution in [1.82, 2.24) is 15.6 Å². The van der Waals surface area contributed by atoms with Crippen molar-refractivity contribution in [2.24, 2.45) is 5.90 Å². The van der Waals surface area contributed by atoms with Gasteiger partial charge in [-0.1, -0.05) is 36.4 Å². The van der Waals surface area contributed by atoms with Gasteiger partial charge in [0.15, 0.2) is 0 Å². The average molecular weight is 416 g/mol. The third-order valence-electron chi connectivity index (χ3n) is 5.72. The number of likely N-dealkylation sites (N-methyl/N-ethyl adjacent to an activating group) is 1. The summed E-state index contributed by atoms with van der Waals surface area (Å²) in [6.07, 6.45) is 4.94. The minimum Gasteiger partial charge on any atom is -0.412 e. The Kier molecular flexibility index (Phi) is 5.68. The molecule has 2 amide bonds. The molecule has 7 heteroatoms. The second-order valence-corrected chi connectivity index (χ2v) is 7.61. The number of nitrogens with one attached hydrogen (secondary N) is 2. The zero-order valence-electron chi connectivity index (χ0n) is 17.2. The minimum absolute atomic E-state index is 0.174. The highest BCUT2D eigenvalue weighted by atomic mass is 16.6. The summed E-state index contributed by atoms with van der Waals surface area (Å²) in [5, 5.41) is 5.56. The molecule has 0 spiro atoms. The number of carbonyl (C=O) groups is 2. The average Bonchev–Trinajstić information content (AvgIpc) is 3.65. The van der Waals surface area contributed by atoms with Gasteiger partial charge in [-0.25, -0.2) is 0 Å². The summed E-state index contributed by atoms with van der Waals surface area (Å²) in [5.41, 5.74) is 2.95. The molecule has 158 valence electrons. The first-order valence-electron chi connectivity index (χ1n) is 10.1. The van der Waals surface area contributed by atoms with Gasteiger partial charge >= 0.3 is 0 Å². The number of pyridine rings is 1. The molecule has 0 saturated heterocycles. The molecule has 4 N–H and O–H groups in total. The molecule has 3 aromatic rings. The zero-order valence-corrected chi connectivity index (χ0v) is 17.2. The summed E-state index contributed by atoms with van der Waals surface area (Å²) in [7, 11) is 1.54. The summed E-state index contributed by atoms with van der Waals surface area (Å²) in [6, 6.07) is 17.8. The van der Waals surface area contributed by atoms with Gasteiger partial charge in [0.2, 0.25) is 11.8 Å². The Bertz CT molecular complexity index is 1100. The third-order valence-corrected chi connectivity index (χ3v) is 5.72. The molecule has 1 fully saturated rings. The molecule has 31 heavy (non-hydrogen) atoms. The van der Waals surface area contributed by atoms with E-state index < -0.39 is 11.5 Å². The lowest BCUT2D eigenvalue weighted by molar-refractivity contribution is -0.130. The molecule has 4 rings (SSSR count). The molecule has 1 heterocycles. The number of amides is 2. The lowest BCUT2D eigenvalue weighted by atomic mass is 9.91. The number of nitrogens with two attached hydrogens (primary N) is 1. The lowest BCUT2D eigenvalue weighted by Crippen LogP contribution is -2.43. The number of carbonyl (C=O) groups excluding carboxylic acids is 2. The lowest BCUT2D eigenvalue weighted by Gasteiger charge is -2.23. The maximum absolute atomic E-state index is 13.4. The van der Waals surface area contributed by atoms with E-state index in [1.165, 1.54) is 7.05 Å². The van der Waals surface area contributed by atoms with E-state index in [1.54, 1.807) is 36.7 Å². The highest BCUT2D eigenvalue weighted by molar-refractivity contribution is 5.96. The van der Waals surface area contributed by atoms with Gasteiger partial charge < -0.3 is 15.5 Å². The van der Waals surface area contributed by atoms with E-state index in [2.05, 4.69) is 15.6 Å². The SMILES string of the molecule is CNC(=O)C(NC(=O)C1(c2cccc(-c3ccncc3)c2)CC1)c1cccc(ON)c1. The second-order valence-electron chi connectivity index (χ2n) is 7.61. The Morgan fingerprint density at radius 1 is 1.03 bits per heavy atom. The molecule has 1 saturated carbocycles. The number of aromatic nitrogens is 1. The maximum atomic E-state index is 13.4. The molecule has 1 aliphatic carbocycles. The molecule has 1 atom stereocenters. The fraction of sp³-hybridized carbons (Fsp3) is 0.208. The van der Waals surface area contributed by atoms with Gasteiger partial charge in [-0.05, 0) is 59.4 Å². The second kappa shape index (κ2) is 8.57. The van der Waals surface area contributed by atoms with Crippen LogP contribution in [0.5, 0.6) is 5.75 Å². The van der Waals surface area contributed by atoms with Gasteiger partial charge in [0.05, 0.1) is 5.41 Å². The first-order valence-corrected chi connectivity index (χ1v) is 10.1. The molecule has 1 aromatic heterocycles. The normalized spacial score (nSPS) is 14.9. The Labute approximate surface area is 180 Å². The van der Waals surface area contributed by atoms with E-state index in [0.717, 1.165) is 29.5 Å². The predicted molar refractivity (Wildman–Crippen MR) is 117 cm³/mol. The molecular formula is C24H24N4O3. The van der Waals surface area contributed by atoms with E-state index in [0.29, 0.717) is 11.3 Å². The van der Waals surface area contributed by atoms with Gasteiger partial charge in [-0.2, -0.15) is 5.90 Å². The van der Waals surface area contributed by atoms with Gasteiger partial charge in [0.1, 0.15) is 11.8 Å². The quantitative estimate of drug-likeness (QED) is 0.514. The molecule has 1 unspecified atom stereocenters. The number of benzene rings is 2. The summed E-state index contributed by atoms with van der Waals surface area (Å²) >= 11 is 0.